The molecule has 6 heteroatoms. The highest BCUT2D eigenvalue weighted by atomic mass is 32.2. The molecule has 1 aliphatic heterocycles. The third kappa shape index (κ3) is 4.26. The molecule has 0 atom stereocenters. The predicted octanol–water partition coefficient (Wildman–Crippen LogP) is 4.32. The number of ether oxygens (including phenoxy) is 2. The molecule has 2 heterocycles. The Labute approximate surface area is 168 Å². The highest BCUT2D eigenvalue weighted by molar-refractivity contribution is 8.16. The monoisotopic (exact) mass is 399 g/mol. The Morgan fingerprint density at radius 1 is 1.26 bits per heavy atom. The molecule has 1 aliphatic rings. The predicted molar refractivity (Wildman–Crippen MR) is 111 cm³/mol. The van der Waals surface area contributed by atoms with E-state index in [0.717, 1.165) is 24.3 Å². The molecule has 0 radical (unpaired) electrons. The Bertz CT molecular complexity index is 881. The average molecular weight is 400 g/mol. The van der Waals surface area contributed by atoms with Gasteiger partial charge in [0, 0.05) is 23.7 Å². The van der Waals surface area contributed by atoms with E-state index < -0.39 is 0 Å². The van der Waals surface area contributed by atoms with E-state index in [1.54, 1.807) is 19.1 Å². The summed E-state index contributed by atoms with van der Waals surface area (Å²) in [7, 11) is 0. The largest absolute Gasteiger partial charge is 0.493 e. The maximum atomic E-state index is 11.7. The summed E-state index contributed by atoms with van der Waals surface area (Å²) >= 11 is 3.69. The van der Waals surface area contributed by atoms with Crippen molar-refractivity contribution in [2.45, 2.75) is 17.4 Å². The highest BCUT2D eigenvalue weighted by Gasteiger charge is 2.36. The van der Waals surface area contributed by atoms with Crippen LogP contribution in [0.4, 0.5) is 0 Å². The lowest BCUT2D eigenvalue weighted by molar-refractivity contribution is 0.0526. The molecular formula is C21H21NO3S2. The van der Waals surface area contributed by atoms with E-state index in [0.29, 0.717) is 17.9 Å². The summed E-state index contributed by atoms with van der Waals surface area (Å²) in [5.74, 6) is 6.80. The summed E-state index contributed by atoms with van der Waals surface area (Å²) < 4.78 is 10.8. The Kier molecular flexibility index (Phi) is 6.35. The van der Waals surface area contributed by atoms with Crippen LogP contribution in [0.2, 0.25) is 0 Å². The third-order valence-corrected chi connectivity index (χ3v) is 7.51. The second kappa shape index (κ2) is 8.73. The van der Waals surface area contributed by atoms with Crippen LogP contribution in [0.5, 0.6) is 5.75 Å². The van der Waals surface area contributed by atoms with Crippen molar-refractivity contribution in [1.29, 1.82) is 0 Å². The molecular weight excluding hydrogens is 378 g/mol. The van der Waals surface area contributed by atoms with Gasteiger partial charge < -0.3 is 9.47 Å². The van der Waals surface area contributed by atoms with Crippen LogP contribution < -0.4 is 4.74 Å². The minimum atomic E-state index is -0.371. The standard InChI is InChI=1S/C21H21NO3S2/c1-4-24-20(23)16-7-9-17(22-14-16)8-5-15-6-10-19-18(13-15)21(26-2,27-3)11-12-25-19/h6-7,9-10,13-14H,4,11-12H2,1-3H3. The van der Waals surface area contributed by atoms with Crippen molar-refractivity contribution in [1.82, 2.24) is 4.98 Å². The van der Waals surface area contributed by atoms with Gasteiger partial charge in [-0.2, -0.15) is 0 Å². The number of pyridine rings is 1. The first-order valence-electron chi connectivity index (χ1n) is 8.64. The van der Waals surface area contributed by atoms with Crippen LogP contribution in [0, 0.1) is 11.8 Å². The molecule has 2 aromatic rings. The van der Waals surface area contributed by atoms with Crippen molar-refractivity contribution in [2.24, 2.45) is 0 Å². The van der Waals surface area contributed by atoms with Crippen LogP contribution in [-0.2, 0) is 8.82 Å². The van der Waals surface area contributed by atoms with Gasteiger partial charge in [-0.1, -0.05) is 5.92 Å². The van der Waals surface area contributed by atoms with Crippen molar-refractivity contribution in [3.8, 4) is 17.6 Å². The number of aromatic nitrogens is 1. The van der Waals surface area contributed by atoms with Gasteiger partial charge in [-0.3, -0.25) is 0 Å². The zero-order valence-corrected chi connectivity index (χ0v) is 17.2. The fourth-order valence-corrected chi connectivity index (χ4v) is 4.91. The van der Waals surface area contributed by atoms with E-state index >= 15 is 0 Å². The van der Waals surface area contributed by atoms with Gasteiger partial charge in [-0.15, -0.1) is 23.5 Å². The summed E-state index contributed by atoms with van der Waals surface area (Å²) in [6, 6.07) is 9.49. The molecule has 0 spiro atoms. The summed E-state index contributed by atoms with van der Waals surface area (Å²) in [5, 5.41) is 0. The second-order valence-corrected chi connectivity index (χ2v) is 8.34. The molecule has 27 heavy (non-hydrogen) atoms. The minimum absolute atomic E-state index is 0.00477. The zero-order valence-electron chi connectivity index (χ0n) is 15.6. The summed E-state index contributed by atoms with van der Waals surface area (Å²) in [6.45, 7) is 2.85. The molecule has 0 N–H and O–H groups in total. The number of carbonyl (C=O) groups is 1. The summed E-state index contributed by atoms with van der Waals surface area (Å²) in [5.41, 5.74) is 3.14. The van der Waals surface area contributed by atoms with Gasteiger partial charge in [0.25, 0.3) is 0 Å². The first-order chi connectivity index (χ1) is 13.1. The van der Waals surface area contributed by atoms with E-state index in [-0.39, 0.29) is 10.0 Å². The summed E-state index contributed by atoms with van der Waals surface area (Å²) in [4.78, 5) is 15.9. The van der Waals surface area contributed by atoms with Crippen molar-refractivity contribution in [2.75, 3.05) is 25.7 Å². The van der Waals surface area contributed by atoms with Crippen LogP contribution in [0.3, 0.4) is 0 Å². The molecule has 3 rings (SSSR count). The van der Waals surface area contributed by atoms with Crippen molar-refractivity contribution < 1.29 is 14.3 Å². The molecule has 0 bridgehead atoms. The minimum Gasteiger partial charge on any atom is -0.493 e. The van der Waals surface area contributed by atoms with E-state index in [4.69, 9.17) is 9.47 Å². The smallest absolute Gasteiger partial charge is 0.339 e. The normalized spacial score (nSPS) is 14.3. The lowest BCUT2D eigenvalue weighted by atomic mass is 10.0. The first kappa shape index (κ1) is 19.7. The van der Waals surface area contributed by atoms with Crippen molar-refractivity contribution in [3.05, 3.63) is 58.9 Å². The third-order valence-electron chi connectivity index (χ3n) is 4.35. The first-order valence-corrected chi connectivity index (χ1v) is 11.1. The Balaban J connectivity index is 1.85. The van der Waals surface area contributed by atoms with E-state index in [9.17, 15) is 4.79 Å². The van der Waals surface area contributed by atoms with Gasteiger partial charge in [0.15, 0.2) is 0 Å². The summed E-state index contributed by atoms with van der Waals surface area (Å²) in [6.07, 6.45) is 6.74. The molecule has 0 aliphatic carbocycles. The maximum Gasteiger partial charge on any atom is 0.339 e. The Hall–Kier alpha value is -2.10. The van der Waals surface area contributed by atoms with Crippen LogP contribution in [0.15, 0.2) is 36.5 Å². The number of esters is 1. The zero-order chi connectivity index (χ0) is 19.3. The topological polar surface area (TPSA) is 48.4 Å². The molecule has 0 saturated carbocycles. The lowest BCUT2D eigenvalue weighted by Crippen LogP contribution is -2.26. The fourth-order valence-electron chi connectivity index (χ4n) is 2.91. The molecule has 0 amide bonds. The molecule has 140 valence electrons. The van der Waals surface area contributed by atoms with E-state index in [1.807, 2.05) is 35.7 Å². The SMILES string of the molecule is CCOC(=O)c1ccc(C#Cc2ccc3c(c2)C(SC)(SC)CCO3)nc1. The molecule has 0 unspecified atom stereocenters. The van der Waals surface area contributed by atoms with Crippen molar-refractivity contribution >= 4 is 29.5 Å². The highest BCUT2D eigenvalue weighted by Crippen LogP contribution is 2.52. The second-order valence-electron chi connectivity index (χ2n) is 5.87. The Morgan fingerprint density at radius 3 is 2.74 bits per heavy atom. The van der Waals surface area contributed by atoms with Gasteiger partial charge in [0.1, 0.15) is 11.4 Å². The van der Waals surface area contributed by atoms with Gasteiger partial charge in [-0.05, 0) is 55.7 Å². The lowest BCUT2D eigenvalue weighted by Gasteiger charge is -2.36. The number of nitrogens with zero attached hydrogens (tertiary/aromatic N) is 1. The van der Waals surface area contributed by atoms with Crippen LogP contribution in [0.1, 0.15) is 40.5 Å². The fraction of sp³-hybridized carbons (Fsp3) is 0.333. The molecule has 0 fully saturated rings. The molecule has 4 nitrogen and oxygen atoms in total. The number of hydrogen-bond acceptors (Lipinski definition) is 6. The van der Waals surface area contributed by atoms with Crippen LogP contribution >= 0.6 is 23.5 Å². The average Bonchev–Trinajstić information content (AvgIpc) is 2.72. The van der Waals surface area contributed by atoms with E-state index in [1.165, 1.54) is 11.8 Å². The van der Waals surface area contributed by atoms with Crippen LogP contribution in [0.25, 0.3) is 0 Å². The van der Waals surface area contributed by atoms with Crippen molar-refractivity contribution in [3.63, 3.8) is 0 Å². The van der Waals surface area contributed by atoms with Gasteiger partial charge >= 0.3 is 5.97 Å². The number of rotatable bonds is 4. The molecule has 0 saturated heterocycles. The van der Waals surface area contributed by atoms with Gasteiger partial charge in [0.05, 0.1) is 22.9 Å². The van der Waals surface area contributed by atoms with Gasteiger partial charge in [-0.25, -0.2) is 9.78 Å². The number of benzene rings is 1. The van der Waals surface area contributed by atoms with Crippen LogP contribution in [-0.4, -0.2) is 36.7 Å². The number of hydrogen-bond donors (Lipinski definition) is 0. The number of thioether (sulfide) groups is 2. The number of carbonyl (C=O) groups excluding carboxylic acids is 1. The maximum absolute atomic E-state index is 11.7. The quantitative estimate of drug-likeness (QED) is 0.434. The molecule has 1 aromatic heterocycles. The Morgan fingerprint density at radius 2 is 2.07 bits per heavy atom. The van der Waals surface area contributed by atoms with E-state index in [2.05, 4.69) is 35.4 Å². The number of fused-ring (bicyclic) bond motifs is 1. The molecule has 1 aromatic carbocycles. The van der Waals surface area contributed by atoms with Gasteiger partial charge in [0.2, 0.25) is 0 Å².